The van der Waals surface area contributed by atoms with Crippen LogP contribution < -0.4 is 10.6 Å². The molecule has 0 heterocycles. The van der Waals surface area contributed by atoms with E-state index in [1.165, 1.54) is 11.1 Å². The highest BCUT2D eigenvalue weighted by molar-refractivity contribution is 7.80. The van der Waals surface area contributed by atoms with Crippen LogP contribution in [-0.4, -0.2) is 11.7 Å². The molecule has 0 aliphatic rings. The minimum absolute atomic E-state index is 0.196. The molecule has 0 amide bonds. The Morgan fingerprint density at radius 3 is 2.43 bits per heavy atom. The van der Waals surface area contributed by atoms with Crippen LogP contribution in [0.25, 0.3) is 0 Å². The molecule has 2 nitrogen and oxygen atoms in total. The molecule has 0 bridgehead atoms. The molecule has 110 valence electrons. The molecule has 1 unspecified atom stereocenters. The van der Waals surface area contributed by atoms with E-state index in [2.05, 4.69) is 29.7 Å². The lowest BCUT2D eigenvalue weighted by atomic mass is 10.1. The minimum atomic E-state index is 0.196. The maximum Gasteiger partial charge on any atom is 0.166 e. The van der Waals surface area contributed by atoms with Gasteiger partial charge in [-0.3, -0.25) is 0 Å². The Balaban J connectivity index is 1.73. The van der Waals surface area contributed by atoms with E-state index in [1.807, 2.05) is 42.5 Å². The first kappa shape index (κ1) is 15.8. The Kier molecular flexibility index (Phi) is 6.03. The molecule has 0 saturated carbocycles. The summed E-state index contributed by atoms with van der Waals surface area (Å²) in [4.78, 5) is 0. The van der Waals surface area contributed by atoms with E-state index in [0.29, 0.717) is 5.11 Å². The van der Waals surface area contributed by atoms with Gasteiger partial charge in [0.05, 0.1) is 6.04 Å². The van der Waals surface area contributed by atoms with Crippen LogP contribution in [0.5, 0.6) is 0 Å². The molecule has 0 aliphatic heterocycles. The van der Waals surface area contributed by atoms with Crippen molar-refractivity contribution in [3.8, 4) is 0 Å². The molecule has 21 heavy (non-hydrogen) atoms. The second-order valence-electron chi connectivity index (χ2n) is 4.91. The van der Waals surface area contributed by atoms with E-state index in [-0.39, 0.29) is 6.04 Å². The number of nitrogens with one attached hydrogen (secondary N) is 2. The fraction of sp³-hybridized carbons (Fsp3) is 0.235. The first-order chi connectivity index (χ1) is 10.1. The van der Waals surface area contributed by atoms with Crippen molar-refractivity contribution >= 4 is 28.9 Å². The van der Waals surface area contributed by atoms with Gasteiger partial charge in [0.1, 0.15) is 0 Å². The molecule has 0 aliphatic carbocycles. The predicted octanol–water partition coefficient (Wildman–Crippen LogP) is 4.11. The van der Waals surface area contributed by atoms with Crippen molar-refractivity contribution < 1.29 is 0 Å². The van der Waals surface area contributed by atoms with Crippen LogP contribution in [0.3, 0.4) is 0 Å². The summed E-state index contributed by atoms with van der Waals surface area (Å²) in [5, 5.41) is 7.97. The summed E-state index contributed by atoms with van der Waals surface area (Å²) in [6, 6.07) is 18.3. The lowest BCUT2D eigenvalue weighted by molar-refractivity contribution is 0.696. The van der Waals surface area contributed by atoms with Gasteiger partial charge in [0.15, 0.2) is 5.11 Å². The highest BCUT2D eigenvalue weighted by Gasteiger charge is 2.05. The van der Waals surface area contributed by atoms with Crippen LogP contribution in [0, 0.1) is 0 Å². The Labute approximate surface area is 136 Å². The van der Waals surface area contributed by atoms with E-state index in [0.717, 1.165) is 18.0 Å². The summed E-state index contributed by atoms with van der Waals surface area (Å²) in [5.74, 6) is 0. The van der Waals surface area contributed by atoms with E-state index in [9.17, 15) is 0 Å². The van der Waals surface area contributed by atoms with Crippen molar-refractivity contribution in [1.82, 2.24) is 10.6 Å². The molecule has 2 aromatic rings. The zero-order valence-electron chi connectivity index (χ0n) is 12.0. The number of halogens is 1. The Bertz CT molecular complexity index is 569. The van der Waals surface area contributed by atoms with Gasteiger partial charge in [-0.1, -0.05) is 54.1 Å². The van der Waals surface area contributed by atoms with Gasteiger partial charge in [-0.25, -0.2) is 0 Å². The van der Waals surface area contributed by atoms with Gasteiger partial charge >= 0.3 is 0 Å². The molecule has 0 spiro atoms. The first-order valence-electron chi connectivity index (χ1n) is 6.99. The number of thiocarbonyl (C=S) groups is 1. The summed E-state index contributed by atoms with van der Waals surface area (Å²) < 4.78 is 0. The fourth-order valence-electron chi connectivity index (χ4n) is 2.04. The van der Waals surface area contributed by atoms with Gasteiger partial charge < -0.3 is 10.6 Å². The van der Waals surface area contributed by atoms with E-state index >= 15 is 0 Å². The Morgan fingerprint density at radius 2 is 1.76 bits per heavy atom. The number of rotatable bonds is 5. The topological polar surface area (TPSA) is 24.1 Å². The molecule has 0 aromatic heterocycles. The zero-order valence-corrected chi connectivity index (χ0v) is 13.5. The molecule has 2 N–H and O–H groups in total. The van der Waals surface area contributed by atoms with Crippen LogP contribution in [0.2, 0.25) is 5.02 Å². The van der Waals surface area contributed by atoms with Crippen molar-refractivity contribution in [3.05, 3.63) is 70.7 Å². The maximum absolute atomic E-state index is 5.87. The fourth-order valence-corrected chi connectivity index (χ4v) is 2.45. The highest BCUT2D eigenvalue weighted by atomic mass is 35.5. The van der Waals surface area contributed by atoms with Crippen LogP contribution in [0.15, 0.2) is 54.6 Å². The third-order valence-corrected chi connectivity index (χ3v) is 3.77. The number of hydrogen-bond donors (Lipinski definition) is 2. The van der Waals surface area contributed by atoms with E-state index in [1.54, 1.807) is 0 Å². The Hall–Kier alpha value is -1.58. The largest absolute Gasteiger partial charge is 0.362 e. The van der Waals surface area contributed by atoms with Crippen molar-refractivity contribution in [2.75, 3.05) is 6.54 Å². The van der Waals surface area contributed by atoms with Crippen molar-refractivity contribution in [1.29, 1.82) is 0 Å². The lowest BCUT2D eigenvalue weighted by Gasteiger charge is -2.17. The van der Waals surface area contributed by atoms with Gasteiger partial charge in [0.25, 0.3) is 0 Å². The minimum Gasteiger partial charge on any atom is -0.362 e. The second-order valence-corrected chi connectivity index (χ2v) is 5.75. The van der Waals surface area contributed by atoms with Gasteiger partial charge in [0.2, 0.25) is 0 Å². The third-order valence-electron chi connectivity index (χ3n) is 3.26. The molecule has 1 atom stereocenters. The highest BCUT2D eigenvalue weighted by Crippen LogP contribution is 2.11. The Morgan fingerprint density at radius 1 is 1.10 bits per heavy atom. The molecule has 0 saturated heterocycles. The van der Waals surface area contributed by atoms with Crippen molar-refractivity contribution in [2.45, 2.75) is 19.4 Å². The van der Waals surface area contributed by atoms with Crippen LogP contribution in [0.1, 0.15) is 24.1 Å². The molecule has 2 aromatic carbocycles. The summed E-state index contributed by atoms with van der Waals surface area (Å²) in [6.45, 7) is 2.90. The molecule has 4 heteroatoms. The van der Waals surface area contributed by atoms with Crippen LogP contribution in [-0.2, 0) is 6.42 Å². The van der Waals surface area contributed by atoms with Gasteiger partial charge in [0, 0.05) is 11.6 Å². The van der Waals surface area contributed by atoms with E-state index in [4.69, 9.17) is 23.8 Å². The van der Waals surface area contributed by atoms with Gasteiger partial charge in [-0.2, -0.15) is 0 Å². The molecular formula is C17H19ClN2S. The van der Waals surface area contributed by atoms with Crippen molar-refractivity contribution in [3.63, 3.8) is 0 Å². The smallest absolute Gasteiger partial charge is 0.166 e. The zero-order chi connectivity index (χ0) is 15.1. The van der Waals surface area contributed by atoms with Crippen molar-refractivity contribution in [2.24, 2.45) is 0 Å². The summed E-state index contributed by atoms with van der Waals surface area (Å²) in [6.07, 6.45) is 0.915. The van der Waals surface area contributed by atoms with E-state index < -0.39 is 0 Å². The van der Waals surface area contributed by atoms with Gasteiger partial charge in [-0.15, -0.1) is 0 Å². The molecule has 0 fully saturated rings. The normalized spacial score (nSPS) is 11.7. The maximum atomic E-state index is 5.87. The molecular weight excluding hydrogens is 300 g/mol. The number of benzene rings is 2. The quantitative estimate of drug-likeness (QED) is 0.811. The molecule has 0 radical (unpaired) electrons. The average Bonchev–Trinajstić information content (AvgIpc) is 2.50. The monoisotopic (exact) mass is 318 g/mol. The third kappa shape index (κ3) is 5.37. The lowest BCUT2D eigenvalue weighted by Crippen LogP contribution is -2.37. The summed E-state index contributed by atoms with van der Waals surface area (Å²) in [7, 11) is 0. The van der Waals surface area contributed by atoms with Crippen LogP contribution >= 0.6 is 23.8 Å². The summed E-state index contributed by atoms with van der Waals surface area (Å²) >= 11 is 11.2. The first-order valence-corrected chi connectivity index (χ1v) is 7.77. The molecule has 2 rings (SSSR count). The van der Waals surface area contributed by atoms with Gasteiger partial charge in [-0.05, 0) is 48.8 Å². The SMILES string of the molecule is CC(NC(=S)NCCc1ccc(Cl)cc1)c1ccccc1. The second kappa shape index (κ2) is 8.01. The standard InChI is InChI=1S/C17H19ClN2S/c1-13(15-5-3-2-4-6-15)20-17(21)19-12-11-14-7-9-16(18)10-8-14/h2-10,13H,11-12H2,1H3,(H2,19,20,21). The number of hydrogen-bond acceptors (Lipinski definition) is 1. The summed E-state index contributed by atoms with van der Waals surface area (Å²) in [5.41, 5.74) is 2.46. The van der Waals surface area contributed by atoms with Crippen LogP contribution in [0.4, 0.5) is 0 Å². The predicted molar refractivity (Wildman–Crippen MR) is 93.7 cm³/mol. The average molecular weight is 319 g/mol.